The van der Waals surface area contributed by atoms with Gasteiger partial charge in [0.15, 0.2) is 0 Å². The lowest BCUT2D eigenvalue weighted by atomic mass is 10.2. The van der Waals surface area contributed by atoms with Crippen LogP contribution in [0.5, 0.6) is 0 Å². The van der Waals surface area contributed by atoms with Crippen LogP contribution < -0.4 is 16.0 Å². The summed E-state index contributed by atoms with van der Waals surface area (Å²) in [4.78, 5) is 11.0. The van der Waals surface area contributed by atoms with Crippen LogP contribution in [0.15, 0.2) is 36.5 Å². The highest BCUT2D eigenvalue weighted by molar-refractivity contribution is 5.58. The van der Waals surface area contributed by atoms with E-state index in [2.05, 4.69) is 46.2 Å². The molecule has 1 aromatic carbocycles. The molecular formula is C16H21N5. The Morgan fingerprint density at radius 2 is 2.14 bits per heavy atom. The molecule has 5 heteroatoms. The van der Waals surface area contributed by atoms with Crippen molar-refractivity contribution in [1.82, 2.24) is 9.97 Å². The Hall–Kier alpha value is -2.14. The van der Waals surface area contributed by atoms with Crippen molar-refractivity contribution in [2.75, 3.05) is 16.8 Å². The van der Waals surface area contributed by atoms with Gasteiger partial charge in [-0.15, -0.1) is 0 Å². The number of rotatable bonds is 5. The molecule has 0 aliphatic heterocycles. The van der Waals surface area contributed by atoms with Gasteiger partial charge in [-0.1, -0.05) is 12.1 Å². The number of aryl methyl sites for hydroxylation is 1. The van der Waals surface area contributed by atoms with Crippen LogP contribution in [0.2, 0.25) is 0 Å². The lowest BCUT2D eigenvalue weighted by molar-refractivity contribution is 0.603. The summed E-state index contributed by atoms with van der Waals surface area (Å²) in [6, 6.07) is 10.1. The lowest BCUT2D eigenvalue weighted by Crippen LogP contribution is -2.45. The Bertz CT molecular complexity index is 636. The molecule has 1 aromatic heterocycles. The number of aromatic nitrogens is 2. The van der Waals surface area contributed by atoms with Gasteiger partial charge < -0.3 is 16.0 Å². The van der Waals surface area contributed by atoms with Crippen LogP contribution in [-0.4, -0.2) is 22.2 Å². The number of nitrogens with two attached hydrogens (primary N) is 1. The van der Waals surface area contributed by atoms with Gasteiger partial charge >= 0.3 is 0 Å². The van der Waals surface area contributed by atoms with Crippen molar-refractivity contribution in [3.8, 4) is 0 Å². The summed E-state index contributed by atoms with van der Waals surface area (Å²) in [5, 5.41) is 3.32. The van der Waals surface area contributed by atoms with Crippen molar-refractivity contribution in [2.45, 2.75) is 32.4 Å². The molecule has 1 aliphatic carbocycles. The largest absolute Gasteiger partial charge is 0.340 e. The Balaban J connectivity index is 1.83. The molecule has 3 N–H and O–H groups in total. The smallest absolute Gasteiger partial charge is 0.228 e. The van der Waals surface area contributed by atoms with Crippen LogP contribution in [0.1, 0.15) is 25.3 Å². The van der Waals surface area contributed by atoms with Crippen LogP contribution in [0, 0.1) is 6.92 Å². The quantitative estimate of drug-likeness (QED) is 0.826. The van der Waals surface area contributed by atoms with Gasteiger partial charge in [-0.25, -0.2) is 4.98 Å². The van der Waals surface area contributed by atoms with E-state index in [-0.39, 0.29) is 5.66 Å². The third-order valence-electron chi connectivity index (χ3n) is 3.79. The van der Waals surface area contributed by atoms with Gasteiger partial charge in [0, 0.05) is 18.4 Å². The predicted octanol–water partition coefficient (Wildman–Crippen LogP) is 2.80. The molecular weight excluding hydrogens is 262 g/mol. The second-order valence-electron chi connectivity index (χ2n) is 5.58. The van der Waals surface area contributed by atoms with Crippen LogP contribution in [-0.2, 0) is 0 Å². The second-order valence-corrected chi connectivity index (χ2v) is 5.58. The highest BCUT2D eigenvalue weighted by atomic mass is 15.4. The van der Waals surface area contributed by atoms with Gasteiger partial charge in [-0.2, -0.15) is 4.98 Å². The monoisotopic (exact) mass is 283 g/mol. The van der Waals surface area contributed by atoms with Crippen molar-refractivity contribution >= 4 is 17.5 Å². The topological polar surface area (TPSA) is 67.1 Å². The molecule has 0 unspecified atom stereocenters. The number of benzene rings is 1. The molecule has 1 fully saturated rings. The average molecular weight is 283 g/mol. The average Bonchev–Trinajstić information content (AvgIpc) is 3.18. The van der Waals surface area contributed by atoms with Crippen molar-refractivity contribution < 1.29 is 0 Å². The summed E-state index contributed by atoms with van der Waals surface area (Å²) in [5.41, 5.74) is 8.26. The molecule has 0 amide bonds. The van der Waals surface area contributed by atoms with Crippen LogP contribution in [0.4, 0.5) is 17.5 Å². The van der Waals surface area contributed by atoms with E-state index in [1.54, 1.807) is 6.20 Å². The highest BCUT2D eigenvalue weighted by Gasteiger charge is 2.44. The van der Waals surface area contributed by atoms with Gasteiger partial charge in [0.1, 0.15) is 5.82 Å². The van der Waals surface area contributed by atoms with E-state index in [0.29, 0.717) is 5.95 Å². The fourth-order valence-corrected chi connectivity index (χ4v) is 2.47. The number of anilines is 3. The molecule has 0 bridgehead atoms. The molecule has 0 radical (unpaired) electrons. The molecule has 110 valence electrons. The number of nitrogens with zero attached hydrogens (tertiary/aromatic N) is 3. The molecule has 21 heavy (non-hydrogen) atoms. The van der Waals surface area contributed by atoms with E-state index in [1.807, 2.05) is 18.2 Å². The molecule has 0 saturated heterocycles. The first-order valence-electron chi connectivity index (χ1n) is 7.34. The van der Waals surface area contributed by atoms with Crippen molar-refractivity contribution in [3.05, 3.63) is 42.1 Å². The third kappa shape index (κ3) is 2.97. The summed E-state index contributed by atoms with van der Waals surface area (Å²) in [5.74, 6) is 1.48. The van der Waals surface area contributed by atoms with Crippen LogP contribution >= 0.6 is 0 Å². The van der Waals surface area contributed by atoms with E-state index in [4.69, 9.17) is 5.73 Å². The van der Waals surface area contributed by atoms with E-state index < -0.39 is 0 Å². The highest BCUT2D eigenvalue weighted by Crippen LogP contribution is 2.37. The maximum absolute atomic E-state index is 6.28. The standard InChI is InChI=1S/C16H21N5/c1-3-21(16(17)8-9-16)15-18-10-7-14(20-15)19-13-6-4-5-12(2)11-13/h4-7,10-11H,3,8-9,17H2,1-2H3,(H,18,19,20). The predicted molar refractivity (Wildman–Crippen MR) is 85.7 cm³/mol. The normalized spacial score (nSPS) is 15.6. The van der Waals surface area contributed by atoms with Gasteiger partial charge in [-0.05, 0) is 50.5 Å². The first kappa shape index (κ1) is 13.8. The fraction of sp³-hybridized carbons (Fsp3) is 0.375. The van der Waals surface area contributed by atoms with Crippen LogP contribution in [0.25, 0.3) is 0 Å². The number of nitrogens with one attached hydrogen (secondary N) is 1. The number of hydrogen-bond donors (Lipinski definition) is 2. The zero-order valence-corrected chi connectivity index (χ0v) is 12.5. The van der Waals surface area contributed by atoms with E-state index >= 15 is 0 Å². The Morgan fingerprint density at radius 3 is 2.81 bits per heavy atom. The summed E-state index contributed by atoms with van der Waals surface area (Å²) >= 11 is 0. The molecule has 1 heterocycles. The Morgan fingerprint density at radius 1 is 1.33 bits per heavy atom. The zero-order chi connectivity index (χ0) is 14.9. The van der Waals surface area contributed by atoms with Gasteiger partial charge in [0.25, 0.3) is 0 Å². The van der Waals surface area contributed by atoms with Gasteiger partial charge in [0.2, 0.25) is 5.95 Å². The van der Waals surface area contributed by atoms with Crippen molar-refractivity contribution in [2.24, 2.45) is 5.73 Å². The molecule has 0 spiro atoms. The Kier molecular flexibility index (Phi) is 3.51. The van der Waals surface area contributed by atoms with Gasteiger partial charge in [-0.3, -0.25) is 0 Å². The van der Waals surface area contributed by atoms with Gasteiger partial charge in [0.05, 0.1) is 5.66 Å². The maximum atomic E-state index is 6.28. The van der Waals surface area contributed by atoms with Crippen molar-refractivity contribution in [1.29, 1.82) is 0 Å². The van der Waals surface area contributed by atoms with Crippen LogP contribution in [0.3, 0.4) is 0 Å². The maximum Gasteiger partial charge on any atom is 0.228 e. The fourth-order valence-electron chi connectivity index (χ4n) is 2.47. The first-order valence-corrected chi connectivity index (χ1v) is 7.34. The molecule has 3 rings (SSSR count). The third-order valence-corrected chi connectivity index (χ3v) is 3.79. The molecule has 1 aliphatic rings. The summed E-state index contributed by atoms with van der Waals surface area (Å²) in [6.07, 6.45) is 3.77. The summed E-state index contributed by atoms with van der Waals surface area (Å²) in [6.45, 7) is 4.96. The first-order chi connectivity index (χ1) is 10.1. The molecule has 1 saturated carbocycles. The summed E-state index contributed by atoms with van der Waals surface area (Å²) in [7, 11) is 0. The minimum Gasteiger partial charge on any atom is -0.340 e. The Labute approximate surface area is 125 Å². The zero-order valence-electron chi connectivity index (χ0n) is 12.5. The SMILES string of the molecule is CCN(c1nccc(Nc2cccc(C)c2)n1)C1(N)CC1. The lowest BCUT2D eigenvalue weighted by Gasteiger charge is -2.27. The van der Waals surface area contributed by atoms with Crippen molar-refractivity contribution in [3.63, 3.8) is 0 Å². The molecule has 0 atom stereocenters. The van der Waals surface area contributed by atoms with E-state index in [1.165, 1.54) is 5.56 Å². The summed E-state index contributed by atoms with van der Waals surface area (Å²) < 4.78 is 0. The van der Waals surface area contributed by atoms with E-state index in [0.717, 1.165) is 30.9 Å². The number of hydrogen-bond acceptors (Lipinski definition) is 5. The minimum absolute atomic E-state index is 0.253. The second kappa shape index (κ2) is 5.33. The minimum atomic E-state index is -0.253. The molecule has 5 nitrogen and oxygen atoms in total. The van der Waals surface area contributed by atoms with E-state index in [9.17, 15) is 0 Å². The molecule has 2 aromatic rings.